The summed E-state index contributed by atoms with van der Waals surface area (Å²) >= 11 is 0. The van der Waals surface area contributed by atoms with E-state index in [1.165, 1.54) is 6.20 Å². The maximum atomic E-state index is 12.2. The average molecular weight is 380 g/mol. The molecular formula is C19H20N6O3. The van der Waals surface area contributed by atoms with Crippen molar-refractivity contribution < 1.29 is 4.92 Å². The van der Waals surface area contributed by atoms with Gasteiger partial charge in [-0.1, -0.05) is 12.1 Å². The van der Waals surface area contributed by atoms with Crippen molar-refractivity contribution in [2.45, 2.75) is 13.5 Å². The topological polar surface area (TPSA) is 108 Å². The third-order valence-corrected chi connectivity index (χ3v) is 4.95. The van der Waals surface area contributed by atoms with Crippen LogP contribution in [0.5, 0.6) is 0 Å². The average Bonchev–Trinajstić information content (AvgIpc) is 2.69. The number of fused-ring (bicyclic) bond motifs is 1. The van der Waals surface area contributed by atoms with Crippen molar-refractivity contribution >= 4 is 22.4 Å². The van der Waals surface area contributed by atoms with Crippen LogP contribution in [0.3, 0.4) is 0 Å². The molecule has 0 radical (unpaired) electrons. The monoisotopic (exact) mass is 380 g/mol. The number of anilines is 1. The van der Waals surface area contributed by atoms with Gasteiger partial charge in [0.15, 0.2) is 0 Å². The lowest BCUT2D eigenvalue weighted by Gasteiger charge is -2.35. The van der Waals surface area contributed by atoms with Crippen molar-refractivity contribution in [1.29, 1.82) is 0 Å². The number of aromatic nitrogens is 3. The van der Waals surface area contributed by atoms with Gasteiger partial charge in [-0.25, -0.2) is 9.97 Å². The zero-order valence-electron chi connectivity index (χ0n) is 15.5. The van der Waals surface area contributed by atoms with Gasteiger partial charge in [0.2, 0.25) is 0 Å². The number of nitro groups is 1. The van der Waals surface area contributed by atoms with Crippen LogP contribution in [-0.2, 0) is 6.54 Å². The molecule has 0 unspecified atom stereocenters. The van der Waals surface area contributed by atoms with Crippen molar-refractivity contribution in [2.24, 2.45) is 0 Å². The van der Waals surface area contributed by atoms with Gasteiger partial charge in [0, 0.05) is 32.2 Å². The first kappa shape index (κ1) is 18.1. The second-order valence-corrected chi connectivity index (χ2v) is 6.88. The van der Waals surface area contributed by atoms with E-state index in [-0.39, 0.29) is 11.2 Å². The van der Waals surface area contributed by atoms with Crippen molar-refractivity contribution in [2.75, 3.05) is 31.1 Å². The van der Waals surface area contributed by atoms with Crippen LogP contribution >= 0.6 is 0 Å². The number of aryl methyl sites for hydroxylation is 1. The van der Waals surface area contributed by atoms with Gasteiger partial charge < -0.3 is 9.88 Å². The molecule has 3 heterocycles. The zero-order valence-corrected chi connectivity index (χ0v) is 15.5. The molecule has 9 nitrogen and oxygen atoms in total. The second kappa shape index (κ2) is 7.35. The van der Waals surface area contributed by atoms with Crippen molar-refractivity contribution in [3.8, 4) is 0 Å². The summed E-state index contributed by atoms with van der Waals surface area (Å²) in [5, 5.41) is 11.5. The molecule has 0 amide bonds. The van der Waals surface area contributed by atoms with Crippen LogP contribution in [0, 0.1) is 17.0 Å². The Balaban J connectivity index is 1.43. The predicted octanol–water partition coefficient (Wildman–Crippen LogP) is 1.86. The van der Waals surface area contributed by atoms with Crippen LogP contribution in [0.4, 0.5) is 11.5 Å². The molecule has 1 aromatic carbocycles. The smallest absolute Gasteiger partial charge is 0.287 e. The van der Waals surface area contributed by atoms with E-state index in [1.807, 2.05) is 25.1 Å². The molecule has 0 aliphatic carbocycles. The van der Waals surface area contributed by atoms with E-state index in [1.54, 1.807) is 12.1 Å². The molecule has 1 aliphatic rings. The number of hydrogen-bond acceptors (Lipinski definition) is 7. The lowest BCUT2D eigenvalue weighted by Crippen LogP contribution is -2.46. The summed E-state index contributed by atoms with van der Waals surface area (Å²) in [7, 11) is 0. The van der Waals surface area contributed by atoms with Crippen LogP contribution in [0.1, 0.15) is 11.4 Å². The lowest BCUT2D eigenvalue weighted by molar-refractivity contribution is -0.385. The van der Waals surface area contributed by atoms with Gasteiger partial charge in [-0.05, 0) is 24.6 Å². The van der Waals surface area contributed by atoms with E-state index >= 15 is 0 Å². The summed E-state index contributed by atoms with van der Waals surface area (Å²) in [4.78, 5) is 38.7. The molecule has 1 saturated heterocycles. The van der Waals surface area contributed by atoms with E-state index in [9.17, 15) is 14.9 Å². The third kappa shape index (κ3) is 3.56. The van der Waals surface area contributed by atoms with E-state index in [2.05, 4.69) is 24.8 Å². The first-order valence-corrected chi connectivity index (χ1v) is 9.07. The van der Waals surface area contributed by atoms with E-state index in [4.69, 9.17) is 0 Å². The minimum atomic E-state index is -0.431. The Morgan fingerprint density at radius 1 is 1.21 bits per heavy atom. The van der Waals surface area contributed by atoms with Crippen LogP contribution in [0.25, 0.3) is 10.9 Å². The van der Waals surface area contributed by atoms with Crippen LogP contribution in [0.2, 0.25) is 0 Å². The van der Waals surface area contributed by atoms with Crippen LogP contribution in [0.15, 0.2) is 41.3 Å². The fourth-order valence-electron chi connectivity index (χ4n) is 3.52. The Labute approximate surface area is 160 Å². The number of pyridine rings is 1. The van der Waals surface area contributed by atoms with Gasteiger partial charge in [-0.2, -0.15) is 0 Å². The van der Waals surface area contributed by atoms with Crippen LogP contribution in [-0.4, -0.2) is 51.0 Å². The van der Waals surface area contributed by atoms with Crippen molar-refractivity contribution in [3.63, 3.8) is 0 Å². The number of piperazine rings is 1. The molecule has 2 aromatic heterocycles. The maximum absolute atomic E-state index is 12.2. The maximum Gasteiger partial charge on any atom is 0.287 e. The molecule has 0 bridgehead atoms. The minimum Gasteiger partial charge on any atom is -0.354 e. The van der Waals surface area contributed by atoms with Gasteiger partial charge in [0.05, 0.1) is 22.4 Å². The van der Waals surface area contributed by atoms with Gasteiger partial charge in [-0.3, -0.25) is 19.8 Å². The minimum absolute atomic E-state index is 0.00576. The molecule has 1 N–H and O–H groups in total. The van der Waals surface area contributed by atoms with Crippen molar-refractivity contribution in [3.05, 3.63) is 68.4 Å². The van der Waals surface area contributed by atoms with E-state index in [0.29, 0.717) is 23.3 Å². The number of nitrogens with one attached hydrogen (secondary N) is 1. The number of rotatable bonds is 4. The summed E-state index contributed by atoms with van der Waals surface area (Å²) < 4.78 is 0. The highest BCUT2D eigenvalue weighted by Crippen LogP contribution is 2.23. The van der Waals surface area contributed by atoms with E-state index < -0.39 is 4.92 Å². The highest BCUT2D eigenvalue weighted by atomic mass is 16.6. The van der Waals surface area contributed by atoms with E-state index in [0.717, 1.165) is 37.6 Å². The highest BCUT2D eigenvalue weighted by molar-refractivity contribution is 5.77. The normalized spacial score (nSPS) is 15.1. The molecule has 0 spiro atoms. The fraction of sp³-hybridized carbons (Fsp3) is 0.316. The van der Waals surface area contributed by atoms with Gasteiger partial charge >= 0.3 is 0 Å². The predicted molar refractivity (Wildman–Crippen MR) is 105 cm³/mol. The van der Waals surface area contributed by atoms with Crippen molar-refractivity contribution in [1.82, 2.24) is 19.9 Å². The summed E-state index contributed by atoms with van der Waals surface area (Å²) in [6, 6.07) is 8.86. The molecule has 3 aromatic rings. The van der Waals surface area contributed by atoms with Gasteiger partial charge in [0.25, 0.3) is 11.2 Å². The van der Waals surface area contributed by atoms with Gasteiger partial charge in [-0.15, -0.1) is 0 Å². The quantitative estimate of drug-likeness (QED) is 0.543. The number of benzene rings is 1. The second-order valence-electron chi connectivity index (χ2n) is 6.88. The number of hydrogen-bond donors (Lipinski definition) is 1. The standard InChI is InChI=1S/C19H20N6O3/c1-13-10-14(25(27)28)11-20-18(13)24-8-6-23(7-9-24)12-17-21-16-5-3-2-4-15(16)19(26)22-17/h2-5,10-11H,6-9,12H2,1H3,(H,21,22,26). The first-order valence-electron chi connectivity index (χ1n) is 9.07. The zero-order chi connectivity index (χ0) is 19.7. The Hall–Kier alpha value is -3.33. The highest BCUT2D eigenvalue weighted by Gasteiger charge is 2.21. The largest absolute Gasteiger partial charge is 0.354 e. The molecule has 9 heteroatoms. The fourth-order valence-corrected chi connectivity index (χ4v) is 3.52. The SMILES string of the molecule is Cc1cc([N+](=O)[O-])cnc1N1CCN(Cc2nc3ccccc3c(=O)[nH]2)CC1. The molecule has 1 aliphatic heterocycles. The Kier molecular flexibility index (Phi) is 4.74. The third-order valence-electron chi connectivity index (χ3n) is 4.95. The molecule has 28 heavy (non-hydrogen) atoms. The number of nitrogens with zero attached hydrogens (tertiary/aromatic N) is 5. The van der Waals surface area contributed by atoms with Gasteiger partial charge in [0.1, 0.15) is 17.8 Å². The number of H-pyrrole nitrogens is 1. The Morgan fingerprint density at radius 3 is 2.68 bits per heavy atom. The molecular weight excluding hydrogens is 360 g/mol. The first-order chi connectivity index (χ1) is 13.5. The summed E-state index contributed by atoms with van der Waals surface area (Å²) in [6.45, 7) is 5.49. The molecule has 0 saturated carbocycles. The molecule has 144 valence electrons. The lowest BCUT2D eigenvalue weighted by atomic mass is 10.2. The summed E-state index contributed by atoms with van der Waals surface area (Å²) in [5.41, 5.74) is 1.38. The van der Waals surface area contributed by atoms with Crippen LogP contribution < -0.4 is 10.5 Å². The Morgan fingerprint density at radius 2 is 1.96 bits per heavy atom. The number of aromatic amines is 1. The number of para-hydroxylation sites is 1. The molecule has 4 rings (SSSR count). The Bertz CT molecular complexity index is 1090. The molecule has 1 fully saturated rings. The summed E-state index contributed by atoms with van der Waals surface area (Å²) in [5.74, 6) is 1.43. The molecule has 0 atom stereocenters. The summed E-state index contributed by atoms with van der Waals surface area (Å²) in [6.07, 6.45) is 1.30.